The van der Waals surface area contributed by atoms with Crippen molar-refractivity contribution >= 4 is 11.8 Å². The van der Waals surface area contributed by atoms with Crippen LogP contribution < -0.4 is 4.74 Å². The number of rotatable bonds is 4. The zero-order chi connectivity index (χ0) is 18.5. The molecule has 2 heterocycles. The lowest BCUT2D eigenvalue weighted by Crippen LogP contribution is -2.48. The lowest BCUT2D eigenvalue weighted by atomic mass is 10.1. The Bertz CT molecular complexity index is 645. The van der Waals surface area contributed by atoms with E-state index in [1.54, 1.807) is 12.1 Å². The van der Waals surface area contributed by atoms with Gasteiger partial charge in [0.1, 0.15) is 11.8 Å². The van der Waals surface area contributed by atoms with E-state index < -0.39 is 18.6 Å². The van der Waals surface area contributed by atoms with Crippen LogP contribution in [0.15, 0.2) is 24.3 Å². The summed E-state index contributed by atoms with van der Waals surface area (Å²) in [6.07, 6.45) is 5.55. The Morgan fingerprint density at radius 1 is 1.00 bits per heavy atom. The van der Waals surface area contributed by atoms with Crippen LogP contribution in [0, 0.1) is 0 Å². The molecular weight excluding hydrogens is 342 g/mol. The highest BCUT2D eigenvalue weighted by Gasteiger charge is 2.37. The number of hydrogen-bond donors (Lipinski definition) is 0. The van der Waals surface area contributed by atoms with Crippen LogP contribution in [0.1, 0.15) is 48.9 Å². The Morgan fingerprint density at radius 2 is 1.69 bits per heavy atom. The van der Waals surface area contributed by atoms with Gasteiger partial charge in [-0.25, -0.2) is 0 Å². The summed E-state index contributed by atoms with van der Waals surface area (Å²) in [5.74, 6) is -0.600. The molecular formula is C19H24F2N2O3. The molecule has 26 heavy (non-hydrogen) atoms. The molecule has 2 aliphatic rings. The number of nitrogens with zero attached hydrogens (tertiary/aromatic N) is 2. The summed E-state index contributed by atoms with van der Waals surface area (Å²) < 4.78 is 29.7. The molecule has 2 saturated heterocycles. The van der Waals surface area contributed by atoms with Crippen LogP contribution in [0.2, 0.25) is 0 Å². The Kier molecular flexibility index (Phi) is 6.06. The molecule has 1 atom stereocenters. The van der Waals surface area contributed by atoms with Gasteiger partial charge >= 0.3 is 6.61 Å². The van der Waals surface area contributed by atoms with Crippen molar-refractivity contribution in [2.45, 2.75) is 51.2 Å². The fourth-order valence-electron chi connectivity index (χ4n) is 3.77. The molecule has 1 aromatic rings. The lowest BCUT2D eigenvalue weighted by Gasteiger charge is -2.30. The molecule has 0 aliphatic carbocycles. The maximum Gasteiger partial charge on any atom is 0.387 e. The Balaban J connectivity index is 1.77. The number of carbonyl (C=O) groups is 2. The minimum Gasteiger partial charge on any atom is -0.434 e. The topological polar surface area (TPSA) is 49.9 Å². The summed E-state index contributed by atoms with van der Waals surface area (Å²) in [6, 6.07) is 5.44. The largest absolute Gasteiger partial charge is 0.434 e. The number of para-hydroxylation sites is 1. The molecule has 1 unspecified atom stereocenters. The van der Waals surface area contributed by atoms with Crippen LogP contribution in [-0.2, 0) is 4.79 Å². The number of halogens is 2. The van der Waals surface area contributed by atoms with E-state index in [1.807, 2.05) is 4.90 Å². The molecule has 142 valence electrons. The van der Waals surface area contributed by atoms with Gasteiger partial charge in [0, 0.05) is 19.6 Å². The fourth-order valence-corrected chi connectivity index (χ4v) is 3.77. The van der Waals surface area contributed by atoms with Gasteiger partial charge in [-0.2, -0.15) is 8.78 Å². The van der Waals surface area contributed by atoms with Crippen molar-refractivity contribution in [1.82, 2.24) is 9.80 Å². The average molecular weight is 366 g/mol. The van der Waals surface area contributed by atoms with Gasteiger partial charge in [-0.05, 0) is 37.8 Å². The van der Waals surface area contributed by atoms with Gasteiger partial charge in [-0.1, -0.05) is 25.0 Å². The van der Waals surface area contributed by atoms with Crippen molar-refractivity contribution in [3.05, 3.63) is 29.8 Å². The van der Waals surface area contributed by atoms with Gasteiger partial charge < -0.3 is 14.5 Å². The second-order valence-electron chi connectivity index (χ2n) is 6.77. The predicted molar refractivity (Wildman–Crippen MR) is 92.2 cm³/mol. The third kappa shape index (κ3) is 4.14. The Labute approximate surface area is 151 Å². The second kappa shape index (κ2) is 8.47. The zero-order valence-corrected chi connectivity index (χ0v) is 14.7. The van der Waals surface area contributed by atoms with E-state index in [-0.39, 0.29) is 17.2 Å². The van der Waals surface area contributed by atoms with Crippen LogP contribution in [0.4, 0.5) is 8.78 Å². The fraction of sp³-hybridized carbons (Fsp3) is 0.579. The first-order chi connectivity index (χ1) is 12.6. The first kappa shape index (κ1) is 18.6. The average Bonchev–Trinajstić information content (AvgIpc) is 2.95. The van der Waals surface area contributed by atoms with Crippen molar-refractivity contribution < 1.29 is 23.1 Å². The van der Waals surface area contributed by atoms with E-state index in [4.69, 9.17) is 0 Å². The van der Waals surface area contributed by atoms with E-state index in [0.29, 0.717) is 13.0 Å². The molecule has 2 aliphatic heterocycles. The molecule has 0 aromatic heterocycles. The van der Waals surface area contributed by atoms with Crippen molar-refractivity contribution in [3.8, 4) is 5.75 Å². The highest BCUT2D eigenvalue weighted by atomic mass is 19.3. The van der Waals surface area contributed by atoms with Gasteiger partial charge in [0.25, 0.3) is 5.91 Å². The van der Waals surface area contributed by atoms with Crippen LogP contribution in [0.25, 0.3) is 0 Å². The summed E-state index contributed by atoms with van der Waals surface area (Å²) in [6.45, 7) is -1.10. The molecule has 0 saturated carbocycles. The molecule has 0 spiro atoms. The Morgan fingerprint density at radius 3 is 2.38 bits per heavy atom. The highest BCUT2D eigenvalue weighted by Crippen LogP contribution is 2.27. The standard InChI is InChI=1S/C19H24F2N2O3/c20-19(21)26-16-10-4-3-8-14(16)17(24)23-13-7-9-15(23)18(25)22-11-5-1-2-6-12-22/h3-4,8,10,15,19H,1-2,5-7,9,11-13H2. The van der Waals surface area contributed by atoms with Crippen LogP contribution in [0.5, 0.6) is 5.75 Å². The van der Waals surface area contributed by atoms with Gasteiger partial charge in [0.2, 0.25) is 5.91 Å². The van der Waals surface area contributed by atoms with Gasteiger partial charge in [0.05, 0.1) is 5.56 Å². The normalized spacial score (nSPS) is 21.0. The van der Waals surface area contributed by atoms with E-state index in [2.05, 4.69) is 4.74 Å². The molecule has 5 nitrogen and oxygen atoms in total. The second-order valence-corrected chi connectivity index (χ2v) is 6.77. The molecule has 2 amide bonds. The van der Waals surface area contributed by atoms with Crippen molar-refractivity contribution in [2.75, 3.05) is 19.6 Å². The third-order valence-corrected chi connectivity index (χ3v) is 5.05. The minimum atomic E-state index is -3.00. The predicted octanol–water partition coefficient (Wildman–Crippen LogP) is 3.30. The molecule has 1 aromatic carbocycles. The van der Waals surface area contributed by atoms with Crippen LogP contribution in [0.3, 0.4) is 0 Å². The monoisotopic (exact) mass is 366 g/mol. The van der Waals surface area contributed by atoms with E-state index in [9.17, 15) is 18.4 Å². The SMILES string of the molecule is O=C(C1CCCN1C(=O)c1ccccc1OC(F)F)N1CCCCCC1. The van der Waals surface area contributed by atoms with Crippen molar-refractivity contribution in [1.29, 1.82) is 0 Å². The number of hydrogen-bond acceptors (Lipinski definition) is 3. The molecule has 0 N–H and O–H groups in total. The minimum absolute atomic E-state index is 0.0231. The summed E-state index contributed by atoms with van der Waals surface area (Å²) in [5, 5.41) is 0. The number of amides is 2. The van der Waals surface area contributed by atoms with Crippen molar-refractivity contribution in [3.63, 3.8) is 0 Å². The maximum absolute atomic E-state index is 12.9. The molecule has 0 bridgehead atoms. The quantitative estimate of drug-likeness (QED) is 0.822. The number of likely N-dealkylation sites (tertiary alicyclic amines) is 2. The van der Waals surface area contributed by atoms with Crippen LogP contribution >= 0.6 is 0 Å². The van der Waals surface area contributed by atoms with Gasteiger partial charge in [-0.3, -0.25) is 9.59 Å². The molecule has 3 rings (SSSR count). The summed E-state index contributed by atoms with van der Waals surface area (Å²) in [5.41, 5.74) is 0.0726. The first-order valence-electron chi connectivity index (χ1n) is 9.21. The Hall–Kier alpha value is -2.18. The first-order valence-corrected chi connectivity index (χ1v) is 9.21. The van der Waals surface area contributed by atoms with E-state index >= 15 is 0 Å². The van der Waals surface area contributed by atoms with E-state index in [0.717, 1.165) is 45.2 Å². The highest BCUT2D eigenvalue weighted by molar-refractivity contribution is 6.00. The lowest BCUT2D eigenvalue weighted by molar-refractivity contribution is -0.135. The number of carbonyl (C=O) groups excluding carboxylic acids is 2. The summed E-state index contributed by atoms with van der Waals surface area (Å²) >= 11 is 0. The molecule has 0 radical (unpaired) electrons. The van der Waals surface area contributed by atoms with Crippen molar-refractivity contribution in [2.24, 2.45) is 0 Å². The number of alkyl halides is 2. The summed E-state index contributed by atoms with van der Waals surface area (Å²) in [7, 11) is 0. The van der Waals surface area contributed by atoms with Gasteiger partial charge in [0.15, 0.2) is 0 Å². The number of ether oxygens (including phenoxy) is 1. The third-order valence-electron chi connectivity index (χ3n) is 5.05. The van der Waals surface area contributed by atoms with E-state index in [1.165, 1.54) is 17.0 Å². The van der Waals surface area contributed by atoms with Gasteiger partial charge in [-0.15, -0.1) is 0 Å². The maximum atomic E-state index is 12.9. The molecule has 7 heteroatoms. The summed E-state index contributed by atoms with van der Waals surface area (Å²) in [4.78, 5) is 29.3. The van der Waals surface area contributed by atoms with Crippen LogP contribution in [-0.4, -0.2) is 53.9 Å². The molecule has 2 fully saturated rings. The smallest absolute Gasteiger partial charge is 0.387 e. The zero-order valence-electron chi connectivity index (χ0n) is 14.7. The number of benzene rings is 1.